The maximum Gasteiger partial charge on any atom is 0.0549 e. The Morgan fingerprint density at radius 1 is 0.396 bits per heavy atom. The van der Waals surface area contributed by atoms with Crippen molar-refractivity contribution >= 4 is 54.4 Å². The lowest BCUT2D eigenvalue weighted by molar-refractivity contribution is 0.332. The Balaban J connectivity index is 1.30. The average molecular weight is 685 g/mol. The lowest BCUT2D eigenvalue weighted by Crippen LogP contribution is -2.33. The molecule has 0 radical (unpaired) electrons. The summed E-state index contributed by atoms with van der Waals surface area (Å²) < 4.78 is 5.08. The number of nitrogens with zero attached hydrogens (tertiary/aromatic N) is 2. The topological polar surface area (TPSA) is 9.86 Å². The van der Waals surface area contributed by atoms with Crippen molar-refractivity contribution in [2.24, 2.45) is 0 Å². The predicted octanol–water partition coefficient (Wildman–Crippen LogP) is 13.7. The van der Waals surface area contributed by atoms with Gasteiger partial charge in [-0.05, 0) is 122 Å². The molecule has 9 aromatic rings. The Morgan fingerprint density at radius 2 is 1.00 bits per heavy atom. The van der Waals surface area contributed by atoms with E-state index in [1.807, 2.05) is 0 Å². The number of benzene rings is 7. The fraction of sp³-hybridized carbons (Fsp3) is 0.216. The van der Waals surface area contributed by atoms with Crippen LogP contribution in [0.25, 0.3) is 76.9 Å². The molecule has 2 aromatic heterocycles. The highest BCUT2D eigenvalue weighted by Gasteiger charge is 2.38. The van der Waals surface area contributed by atoms with Crippen molar-refractivity contribution in [2.45, 2.75) is 70.6 Å². The van der Waals surface area contributed by atoms with Crippen LogP contribution < -0.4 is 0 Å². The molecule has 0 amide bonds. The van der Waals surface area contributed by atoms with Crippen LogP contribution in [0.1, 0.15) is 76.6 Å². The highest BCUT2D eigenvalue weighted by atomic mass is 15.0. The molecule has 2 heteroatoms. The SMILES string of the molecule is CC1(C)CCC(C)(C)c2cc3c(cc21)c1cc2c(cc1n3-c1ccccc1)c1c3ccccc3ccc1n2-c1ccc2c(c1)C(C)(C)c1ccccc1-2. The van der Waals surface area contributed by atoms with Gasteiger partial charge in [-0.3, -0.25) is 0 Å². The molecule has 0 aliphatic heterocycles. The van der Waals surface area contributed by atoms with Crippen LogP contribution in [0.15, 0.2) is 133 Å². The van der Waals surface area contributed by atoms with E-state index in [1.165, 1.54) is 112 Å². The van der Waals surface area contributed by atoms with Gasteiger partial charge in [0, 0.05) is 38.3 Å². The van der Waals surface area contributed by atoms with E-state index in [0.717, 1.165) is 0 Å². The zero-order valence-electron chi connectivity index (χ0n) is 31.5. The lowest BCUT2D eigenvalue weighted by atomic mass is 9.63. The van der Waals surface area contributed by atoms with Crippen molar-refractivity contribution in [3.05, 3.63) is 156 Å². The third-order valence-corrected chi connectivity index (χ3v) is 13.4. The van der Waals surface area contributed by atoms with Crippen molar-refractivity contribution < 1.29 is 0 Å². The quantitative estimate of drug-likeness (QED) is 0.172. The van der Waals surface area contributed by atoms with Crippen LogP contribution in [-0.4, -0.2) is 9.13 Å². The maximum absolute atomic E-state index is 2.57. The van der Waals surface area contributed by atoms with Crippen LogP contribution in [-0.2, 0) is 16.2 Å². The minimum atomic E-state index is -0.0799. The summed E-state index contributed by atoms with van der Waals surface area (Å²) in [5, 5.41) is 7.81. The second kappa shape index (κ2) is 10.3. The summed E-state index contributed by atoms with van der Waals surface area (Å²) in [4.78, 5) is 0. The van der Waals surface area contributed by atoms with Gasteiger partial charge in [-0.1, -0.05) is 120 Å². The Labute approximate surface area is 311 Å². The summed E-state index contributed by atoms with van der Waals surface area (Å²) in [6.45, 7) is 14.5. The highest BCUT2D eigenvalue weighted by molar-refractivity contribution is 6.25. The summed E-state index contributed by atoms with van der Waals surface area (Å²) in [7, 11) is 0. The van der Waals surface area contributed by atoms with E-state index in [9.17, 15) is 0 Å². The number of hydrogen-bond acceptors (Lipinski definition) is 0. The molecule has 0 saturated carbocycles. The summed E-state index contributed by atoms with van der Waals surface area (Å²) in [5.41, 5.74) is 16.1. The third kappa shape index (κ3) is 4.10. The van der Waals surface area contributed by atoms with Gasteiger partial charge in [0.05, 0.1) is 22.1 Å². The maximum atomic E-state index is 2.57. The third-order valence-electron chi connectivity index (χ3n) is 13.4. The van der Waals surface area contributed by atoms with Crippen LogP contribution in [0.5, 0.6) is 0 Å². The zero-order valence-corrected chi connectivity index (χ0v) is 31.5. The molecule has 0 saturated heterocycles. The largest absolute Gasteiger partial charge is 0.309 e. The standard InChI is InChI=1S/C51H44N2/c1-49(2)24-25-50(3,4)43-30-47-37(27-42(43)49)38-28-46-39(29-45(38)52(47)32-15-8-7-9-16-32)48-34-17-11-10-14-31(34)20-23-44(48)53(46)33-21-22-36-35-18-12-13-19-40(35)51(5,6)41(36)26-33/h7-23,26-30H,24-25H2,1-6H3. The summed E-state index contributed by atoms with van der Waals surface area (Å²) >= 11 is 0. The molecule has 0 unspecified atom stereocenters. The molecule has 0 spiro atoms. The Bertz CT molecular complexity index is 3020. The number of rotatable bonds is 2. The Hall–Kier alpha value is -5.60. The van der Waals surface area contributed by atoms with Gasteiger partial charge in [0.15, 0.2) is 0 Å². The summed E-state index contributed by atoms with van der Waals surface area (Å²) in [5.74, 6) is 0. The second-order valence-corrected chi connectivity index (χ2v) is 17.7. The van der Waals surface area contributed by atoms with Crippen molar-refractivity contribution in [3.63, 3.8) is 0 Å². The van der Waals surface area contributed by atoms with E-state index in [2.05, 4.69) is 184 Å². The van der Waals surface area contributed by atoms with Crippen molar-refractivity contribution in [1.82, 2.24) is 9.13 Å². The normalized spacial score (nSPS) is 16.8. The van der Waals surface area contributed by atoms with Gasteiger partial charge in [0.1, 0.15) is 0 Å². The zero-order chi connectivity index (χ0) is 36.0. The lowest BCUT2D eigenvalue weighted by Gasteiger charge is -2.42. The Kier molecular flexibility index (Phi) is 6.01. The van der Waals surface area contributed by atoms with E-state index in [-0.39, 0.29) is 16.2 Å². The van der Waals surface area contributed by atoms with Gasteiger partial charge in [-0.2, -0.15) is 0 Å². The minimum absolute atomic E-state index is 0.0799. The molecule has 2 aliphatic carbocycles. The van der Waals surface area contributed by atoms with E-state index in [4.69, 9.17) is 0 Å². The predicted molar refractivity (Wildman–Crippen MR) is 225 cm³/mol. The van der Waals surface area contributed by atoms with Crippen LogP contribution in [0.2, 0.25) is 0 Å². The molecule has 2 aliphatic rings. The molecule has 11 rings (SSSR count). The molecule has 258 valence electrons. The first-order chi connectivity index (χ1) is 25.5. The summed E-state index contributed by atoms with van der Waals surface area (Å²) in [6.07, 6.45) is 2.39. The van der Waals surface area contributed by atoms with Crippen LogP contribution in [0.4, 0.5) is 0 Å². The molecule has 0 atom stereocenters. The van der Waals surface area contributed by atoms with E-state index in [1.54, 1.807) is 0 Å². The van der Waals surface area contributed by atoms with E-state index in [0.29, 0.717) is 0 Å². The van der Waals surface area contributed by atoms with Gasteiger partial charge >= 0.3 is 0 Å². The highest BCUT2D eigenvalue weighted by Crippen LogP contribution is 2.51. The van der Waals surface area contributed by atoms with Gasteiger partial charge in [0.25, 0.3) is 0 Å². The molecular formula is C51H44N2. The second-order valence-electron chi connectivity index (χ2n) is 17.7. The van der Waals surface area contributed by atoms with Gasteiger partial charge in [-0.15, -0.1) is 0 Å². The Morgan fingerprint density at radius 3 is 1.81 bits per heavy atom. The van der Waals surface area contributed by atoms with Crippen LogP contribution in [0.3, 0.4) is 0 Å². The van der Waals surface area contributed by atoms with Gasteiger partial charge in [0.2, 0.25) is 0 Å². The fourth-order valence-electron chi connectivity index (χ4n) is 10.3. The van der Waals surface area contributed by atoms with Crippen molar-refractivity contribution in [3.8, 4) is 22.5 Å². The molecular weight excluding hydrogens is 641 g/mol. The first kappa shape index (κ1) is 31.0. The van der Waals surface area contributed by atoms with Crippen molar-refractivity contribution in [1.29, 1.82) is 0 Å². The number of para-hydroxylation sites is 1. The van der Waals surface area contributed by atoms with Crippen LogP contribution >= 0.6 is 0 Å². The summed E-state index contributed by atoms with van der Waals surface area (Å²) in [6, 6.07) is 50.8. The first-order valence-corrected chi connectivity index (χ1v) is 19.3. The first-order valence-electron chi connectivity index (χ1n) is 19.3. The number of aromatic nitrogens is 2. The monoisotopic (exact) mass is 684 g/mol. The molecule has 0 bridgehead atoms. The fourth-order valence-corrected chi connectivity index (χ4v) is 10.3. The smallest absolute Gasteiger partial charge is 0.0549 e. The van der Waals surface area contributed by atoms with Gasteiger partial charge < -0.3 is 9.13 Å². The number of hydrogen-bond donors (Lipinski definition) is 0. The average Bonchev–Trinajstić information content (AvgIpc) is 3.75. The molecule has 53 heavy (non-hydrogen) atoms. The minimum Gasteiger partial charge on any atom is -0.309 e. The van der Waals surface area contributed by atoms with Gasteiger partial charge in [-0.25, -0.2) is 0 Å². The molecule has 7 aromatic carbocycles. The molecule has 0 fully saturated rings. The van der Waals surface area contributed by atoms with E-state index < -0.39 is 0 Å². The van der Waals surface area contributed by atoms with E-state index >= 15 is 0 Å². The number of fused-ring (bicyclic) bond motifs is 12. The van der Waals surface area contributed by atoms with Crippen LogP contribution in [0, 0.1) is 0 Å². The molecule has 2 nitrogen and oxygen atoms in total. The molecule has 0 N–H and O–H groups in total. The van der Waals surface area contributed by atoms with Crippen molar-refractivity contribution in [2.75, 3.05) is 0 Å². The molecule has 2 heterocycles.